The summed E-state index contributed by atoms with van der Waals surface area (Å²) in [6.45, 7) is 5.18. The summed E-state index contributed by atoms with van der Waals surface area (Å²) >= 11 is 0. The van der Waals surface area contributed by atoms with Gasteiger partial charge in [0.2, 0.25) is 6.29 Å². The van der Waals surface area contributed by atoms with Gasteiger partial charge in [0.25, 0.3) is 0 Å². The SMILES string of the molecule is COc1ccc(C(=O)Cc2cc3ccc(O[C@@H]4OC(C)(C)[C@H](OC)[C@@H](O)[C@H]4O)c(C)c3oc2=O)cc1-c1ccccc1. The minimum Gasteiger partial charge on any atom is -0.496 e. The van der Waals surface area contributed by atoms with Crippen LogP contribution >= 0.6 is 0 Å². The van der Waals surface area contributed by atoms with Crippen LogP contribution in [0.4, 0.5) is 0 Å². The lowest BCUT2D eigenvalue weighted by molar-refractivity contribution is -0.306. The first-order valence-electron chi connectivity index (χ1n) is 13.6. The second-order valence-electron chi connectivity index (χ2n) is 10.9. The van der Waals surface area contributed by atoms with Gasteiger partial charge < -0.3 is 33.6 Å². The Labute approximate surface area is 243 Å². The van der Waals surface area contributed by atoms with Gasteiger partial charge in [0.1, 0.15) is 35.4 Å². The van der Waals surface area contributed by atoms with Crippen molar-refractivity contribution in [2.75, 3.05) is 14.2 Å². The molecule has 1 saturated heterocycles. The second kappa shape index (κ2) is 11.7. The van der Waals surface area contributed by atoms with E-state index in [9.17, 15) is 19.8 Å². The topological polar surface area (TPSA) is 125 Å². The van der Waals surface area contributed by atoms with Crippen LogP contribution in [-0.4, -0.2) is 60.4 Å². The number of rotatable bonds is 8. The molecule has 1 fully saturated rings. The highest BCUT2D eigenvalue weighted by Gasteiger charge is 2.50. The van der Waals surface area contributed by atoms with Crippen molar-refractivity contribution in [3.05, 3.63) is 93.8 Å². The van der Waals surface area contributed by atoms with E-state index < -0.39 is 35.8 Å². The fourth-order valence-corrected chi connectivity index (χ4v) is 5.43. The predicted molar refractivity (Wildman–Crippen MR) is 156 cm³/mol. The number of hydrogen-bond donors (Lipinski definition) is 2. The lowest BCUT2D eigenvalue weighted by Crippen LogP contribution is -2.63. The number of Topliss-reactive ketones (excluding diaryl/α,β-unsaturated/α-hetero) is 1. The molecule has 220 valence electrons. The Morgan fingerprint density at radius 2 is 1.67 bits per heavy atom. The van der Waals surface area contributed by atoms with Gasteiger partial charge in [-0.05, 0) is 62.7 Å². The molecule has 1 aliphatic rings. The minimum absolute atomic E-state index is 0.147. The van der Waals surface area contributed by atoms with Crippen LogP contribution in [-0.2, 0) is 15.9 Å². The van der Waals surface area contributed by atoms with Gasteiger partial charge in [-0.3, -0.25) is 4.79 Å². The zero-order chi connectivity index (χ0) is 30.2. The van der Waals surface area contributed by atoms with Crippen molar-refractivity contribution >= 4 is 16.8 Å². The Morgan fingerprint density at radius 3 is 2.36 bits per heavy atom. The molecule has 4 atom stereocenters. The second-order valence-corrected chi connectivity index (χ2v) is 10.9. The molecule has 42 heavy (non-hydrogen) atoms. The summed E-state index contributed by atoms with van der Waals surface area (Å²) < 4.78 is 28.3. The smallest absolute Gasteiger partial charge is 0.339 e. The number of aliphatic hydroxyl groups is 2. The first-order chi connectivity index (χ1) is 20.0. The predicted octanol–water partition coefficient (Wildman–Crippen LogP) is 4.45. The Kier molecular flexibility index (Phi) is 8.21. The van der Waals surface area contributed by atoms with E-state index in [4.69, 9.17) is 23.4 Å². The standard InChI is InChI=1S/C33H34O9/c1-18-25(40-32-28(36)27(35)30(39-5)33(2,3)42-32)13-12-21-15-22(31(37)41-29(18)21)17-24(34)20-11-14-26(38-4)23(16-20)19-9-7-6-8-10-19/h6-16,27-28,30,32,35-36H,17H2,1-5H3/t27-,28+,30+,32+/m0/s1. The lowest BCUT2D eigenvalue weighted by Gasteiger charge is -2.46. The number of carbonyl (C=O) groups is 1. The molecule has 2 heterocycles. The monoisotopic (exact) mass is 574 g/mol. The van der Waals surface area contributed by atoms with Gasteiger partial charge in [0.15, 0.2) is 5.78 Å². The normalized spacial score (nSPS) is 21.7. The summed E-state index contributed by atoms with van der Waals surface area (Å²) in [6.07, 6.45) is -4.71. The van der Waals surface area contributed by atoms with Crippen LogP contribution in [0.15, 0.2) is 75.9 Å². The van der Waals surface area contributed by atoms with Crippen LogP contribution in [0.2, 0.25) is 0 Å². The maximum Gasteiger partial charge on any atom is 0.339 e. The molecule has 1 aromatic heterocycles. The van der Waals surface area contributed by atoms with Crippen LogP contribution in [0.3, 0.4) is 0 Å². The van der Waals surface area contributed by atoms with Crippen LogP contribution in [0.25, 0.3) is 22.1 Å². The summed E-state index contributed by atoms with van der Waals surface area (Å²) in [5.74, 6) is 0.709. The van der Waals surface area contributed by atoms with Crippen molar-refractivity contribution in [2.24, 2.45) is 0 Å². The van der Waals surface area contributed by atoms with Crippen LogP contribution in [0.1, 0.15) is 35.3 Å². The molecule has 0 amide bonds. The Bertz CT molecular complexity index is 1660. The Hall–Kier alpha value is -4.02. The third-order valence-electron chi connectivity index (χ3n) is 7.67. The molecule has 0 aliphatic carbocycles. The van der Waals surface area contributed by atoms with E-state index in [0.29, 0.717) is 28.0 Å². The van der Waals surface area contributed by atoms with Gasteiger partial charge in [-0.2, -0.15) is 0 Å². The van der Waals surface area contributed by atoms with Gasteiger partial charge in [-0.25, -0.2) is 4.79 Å². The average Bonchev–Trinajstić information content (AvgIpc) is 2.98. The molecule has 9 nitrogen and oxygen atoms in total. The average molecular weight is 575 g/mol. The summed E-state index contributed by atoms with van der Waals surface area (Å²) in [6, 6.07) is 19.8. The Balaban J connectivity index is 1.40. The van der Waals surface area contributed by atoms with Crippen LogP contribution < -0.4 is 15.1 Å². The van der Waals surface area contributed by atoms with Gasteiger partial charge in [0.05, 0.1) is 12.7 Å². The maximum atomic E-state index is 13.3. The van der Waals surface area contributed by atoms with Crippen molar-refractivity contribution in [1.82, 2.24) is 0 Å². The molecule has 4 aromatic rings. The molecule has 5 rings (SSSR count). The number of aryl methyl sites for hydroxylation is 1. The van der Waals surface area contributed by atoms with Crippen molar-refractivity contribution in [2.45, 2.75) is 57.4 Å². The number of benzene rings is 3. The number of methoxy groups -OCH3 is 2. The van der Waals surface area contributed by atoms with Gasteiger partial charge >= 0.3 is 5.63 Å². The molecular weight excluding hydrogens is 540 g/mol. The number of hydrogen-bond acceptors (Lipinski definition) is 9. The zero-order valence-corrected chi connectivity index (χ0v) is 24.1. The number of ketones is 1. The molecule has 0 saturated carbocycles. The van der Waals surface area contributed by atoms with E-state index in [2.05, 4.69) is 0 Å². The fraction of sp³-hybridized carbons (Fsp3) is 0.333. The fourth-order valence-electron chi connectivity index (χ4n) is 5.43. The highest BCUT2D eigenvalue weighted by molar-refractivity contribution is 5.99. The summed E-state index contributed by atoms with van der Waals surface area (Å²) in [4.78, 5) is 26.3. The number of fused-ring (bicyclic) bond motifs is 1. The van der Waals surface area contributed by atoms with Crippen molar-refractivity contribution < 1.29 is 38.4 Å². The van der Waals surface area contributed by atoms with E-state index in [-0.39, 0.29) is 23.4 Å². The van der Waals surface area contributed by atoms with E-state index in [0.717, 1.165) is 11.1 Å². The Morgan fingerprint density at radius 1 is 0.952 bits per heavy atom. The molecule has 2 N–H and O–H groups in total. The van der Waals surface area contributed by atoms with Crippen LogP contribution in [0, 0.1) is 6.92 Å². The third kappa shape index (κ3) is 5.56. The molecule has 0 spiro atoms. The molecule has 9 heteroatoms. The van der Waals surface area contributed by atoms with E-state index in [1.165, 1.54) is 7.11 Å². The van der Waals surface area contributed by atoms with Crippen LogP contribution in [0.5, 0.6) is 11.5 Å². The molecule has 1 aliphatic heterocycles. The first kappa shape index (κ1) is 29.5. The van der Waals surface area contributed by atoms with Crippen molar-refractivity contribution in [3.63, 3.8) is 0 Å². The number of aliphatic hydroxyl groups excluding tert-OH is 2. The largest absolute Gasteiger partial charge is 0.496 e. The van der Waals surface area contributed by atoms with Gasteiger partial charge in [-0.1, -0.05) is 30.3 Å². The quantitative estimate of drug-likeness (QED) is 0.232. The van der Waals surface area contributed by atoms with Crippen molar-refractivity contribution in [3.8, 4) is 22.6 Å². The summed E-state index contributed by atoms with van der Waals surface area (Å²) in [7, 11) is 3.01. The zero-order valence-electron chi connectivity index (χ0n) is 24.1. The van der Waals surface area contributed by atoms with E-state index >= 15 is 0 Å². The summed E-state index contributed by atoms with van der Waals surface area (Å²) in [5.41, 5.74) is 1.56. The molecular formula is C33H34O9. The highest BCUT2D eigenvalue weighted by Crippen LogP contribution is 2.35. The molecule has 3 aromatic carbocycles. The lowest BCUT2D eigenvalue weighted by atomic mass is 9.89. The minimum atomic E-state index is -1.38. The first-order valence-corrected chi connectivity index (χ1v) is 13.6. The van der Waals surface area contributed by atoms with Gasteiger partial charge in [-0.15, -0.1) is 0 Å². The van der Waals surface area contributed by atoms with E-state index in [1.54, 1.807) is 64.3 Å². The molecule has 0 radical (unpaired) electrons. The summed E-state index contributed by atoms with van der Waals surface area (Å²) in [5, 5.41) is 21.8. The highest BCUT2D eigenvalue weighted by atomic mass is 16.7. The maximum absolute atomic E-state index is 13.3. The van der Waals surface area contributed by atoms with Gasteiger partial charge in [0, 0.05) is 41.2 Å². The molecule has 0 unspecified atom stereocenters. The van der Waals surface area contributed by atoms with E-state index in [1.807, 2.05) is 30.3 Å². The number of carbonyl (C=O) groups excluding carboxylic acids is 1. The van der Waals surface area contributed by atoms with Crippen molar-refractivity contribution in [1.29, 1.82) is 0 Å². The molecule has 0 bridgehead atoms. The number of ether oxygens (including phenoxy) is 4. The third-order valence-corrected chi connectivity index (χ3v) is 7.67.